The van der Waals surface area contributed by atoms with E-state index in [2.05, 4.69) is 10.3 Å². The molecule has 1 aliphatic carbocycles. The second kappa shape index (κ2) is 5.64. The highest BCUT2D eigenvalue weighted by atomic mass is 16.6. The Morgan fingerprint density at radius 1 is 1.42 bits per heavy atom. The van der Waals surface area contributed by atoms with Crippen molar-refractivity contribution in [3.05, 3.63) is 28.4 Å². The Hall–Kier alpha value is -2.18. The van der Waals surface area contributed by atoms with Gasteiger partial charge in [0.15, 0.2) is 0 Å². The third-order valence-corrected chi connectivity index (χ3v) is 3.40. The summed E-state index contributed by atoms with van der Waals surface area (Å²) in [7, 11) is 0. The molecule has 1 aromatic rings. The Labute approximate surface area is 109 Å². The number of pyridine rings is 1. The highest BCUT2D eigenvalue weighted by molar-refractivity contribution is 5.70. The Morgan fingerprint density at radius 3 is 2.68 bits per heavy atom. The van der Waals surface area contributed by atoms with Gasteiger partial charge in [0, 0.05) is 18.3 Å². The summed E-state index contributed by atoms with van der Waals surface area (Å²) in [4.78, 5) is 25.2. The van der Waals surface area contributed by atoms with Crippen molar-refractivity contribution < 1.29 is 14.8 Å². The number of carboxylic acids is 1. The molecule has 0 aromatic carbocycles. The van der Waals surface area contributed by atoms with Gasteiger partial charge in [-0.2, -0.15) is 0 Å². The fourth-order valence-corrected chi connectivity index (χ4v) is 2.33. The van der Waals surface area contributed by atoms with Crippen LogP contribution in [0.5, 0.6) is 0 Å². The van der Waals surface area contributed by atoms with E-state index in [1.54, 1.807) is 0 Å². The van der Waals surface area contributed by atoms with Gasteiger partial charge in [-0.05, 0) is 31.7 Å². The molecule has 1 aliphatic rings. The van der Waals surface area contributed by atoms with Crippen LogP contribution in [-0.2, 0) is 4.79 Å². The van der Waals surface area contributed by atoms with Crippen LogP contribution in [-0.4, -0.2) is 27.0 Å². The van der Waals surface area contributed by atoms with Crippen molar-refractivity contribution in [3.63, 3.8) is 0 Å². The van der Waals surface area contributed by atoms with Crippen LogP contribution in [0.3, 0.4) is 0 Å². The molecule has 19 heavy (non-hydrogen) atoms. The first kappa shape index (κ1) is 13.3. The fourth-order valence-electron chi connectivity index (χ4n) is 2.33. The van der Waals surface area contributed by atoms with Crippen molar-refractivity contribution in [1.29, 1.82) is 0 Å². The summed E-state index contributed by atoms with van der Waals surface area (Å²) in [6.45, 7) is 0. The van der Waals surface area contributed by atoms with E-state index in [1.165, 1.54) is 18.3 Å². The van der Waals surface area contributed by atoms with Gasteiger partial charge in [-0.3, -0.25) is 14.9 Å². The normalized spacial score (nSPS) is 22.7. The zero-order chi connectivity index (χ0) is 13.8. The third kappa shape index (κ3) is 3.18. The lowest BCUT2D eigenvalue weighted by molar-refractivity contribution is -0.384. The number of hydrogen-bond donors (Lipinski definition) is 2. The topological polar surface area (TPSA) is 105 Å². The van der Waals surface area contributed by atoms with E-state index in [-0.39, 0.29) is 23.5 Å². The number of carbonyl (C=O) groups is 1. The summed E-state index contributed by atoms with van der Waals surface area (Å²) in [6, 6.07) is 2.97. The van der Waals surface area contributed by atoms with Crippen LogP contribution in [0.25, 0.3) is 0 Å². The van der Waals surface area contributed by atoms with E-state index < -0.39 is 10.9 Å². The van der Waals surface area contributed by atoms with Gasteiger partial charge >= 0.3 is 11.7 Å². The number of anilines is 1. The van der Waals surface area contributed by atoms with Crippen molar-refractivity contribution in [2.24, 2.45) is 5.92 Å². The summed E-state index contributed by atoms with van der Waals surface area (Å²) < 4.78 is 0. The molecule has 0 saturated heterocycles. The average molecular weight is 265 g/mol. The number of carboxylic acid groups (broad SMARTS) is 1. The Bertz CT molecular complexity index is 484. The van der Waals surface area contributed by atoms with Crippen molar-refractivity contribution in [3.8, 4) is 0 Å². The largest absolute Gasteiger partial charge is 0.481 e. The zero-order valence-corrected chi connectivity index (χ0v) is 10.3. The summed E-state index contributed by atoms with van der Waals surface area (Å²) in [5.74, 6) is -0.801. The van der Waals surface area contributed by atoms with Gasteiger partial charge in [-0.1, -0.05) is 0 Å². The highest BCUT2D eigenvalue weighted by Crippen LogP contribution is 2.28. The highest BCUT2D eigenvalue weighted by Gasteiger charge is 2.27. The van der Waals surface area contributed by atoms with E-state index in [0.29, 0.717) is 25.7 Å². The number of rotatable bonds is 4. The van der Waals surface area contributed by atoms with Gasteiger partial charge in [0.05, 0.1) is 10.8 Å². The monoisotopic (exact) mass is 265 g/mol. The number of nitro groups is 1. The summed E-state index contributed by atoms with van der Waals surface area (Å²) in [5, 5.41) is 22.8. The maximum Gasteiger partial charge on any atom is 0.311 e. The molecule has 0 spiro atoms. The minimum atomic E-state index is -0.762. The summed E-state index contributed by atoms with van der Waals surface area (Å²) in [6.07, 6.45) is 4.05. The van der Waals surface area contributed by atoms with Crippen LogP contribution in [0.1, 0.15) is 25.7 Å². The molecule has 0 radical (unpaired) electrons. The van der Waals surface area contributed by atoms with Crippen molar-refractivity contribution in [2.45, 2.75) is 31.7 Å². The molecule has 0 aliphatic heterocycles. The number of hydrogen-bond acceptors (Lipinski definition) is 5. The van der Waals surface area contributed by atoms with Gasteiger partial charge in [0.1, 0.15) is 0 Å². The van der Waals surface area contributed by atoms with Crippen LogP contribution in [0.2, 0.25) is 0 Å². The van der Waals surface area contributed by atoms with Gasteiger partial charge in [-0.15, -0.1) is 0 Å². The van der Waals surface area contributed by atoms with E-state index in [1.807, 2.05) is 0 Å². The average Bonchev–Trinajstić information content (AvgIpc) is 2.39. The van der Waals surface area contributed by atoms with Crippen LogP contribution < -0.4 is 5.32 Å². The molecular weight excluding hydrogens is 250 g/mol. The smallest absolute Gasteiger partial charge is 0.311 e. The van der Waals surface area contributed by atoms with Crippen molar-refractivity contribution in [2.75, 3.05) is 5.32 Å². The number of nitrogens with one attached hydrogen (secondary N) is 1. The molecule has 1 saturated carbocycles. The zero-order valence-electron chi connectivity index (χ0n) is 10.3. The molecule has 0 bridgehead atoms. The van der Waals surface area contributed by atoms with Gasteiger partial charge < -0.3 is 10.4 Å². The lowest BCUT2D eigenvalue weighted by Crippen LogP contribution is -2.29. The molecule has 0 unspecified atom stereocenters. The number of nitrogens with zero attached hydrogens (tertiary/aromatic N) is 2. The number of aliphatic carboxylic acids is 1. The Balaban J connectivity index is 2.00. The molecule has 1 heterocycles. The van der Waals surface area contributed by atoms with Crippen molar-refractivity contribution >= 4 is 17.5 Å². The van der Waals surface area contributed by atoms with E-state index >= 15 is 0 Å². The predicted molar refractivity (Wildman–Crippen MR) is 67.9 cm³/mol. The molecule has 2 N–H and O–H groups in total. The fraction of sp³-hybridized carbons (Fsp3) is 0.500. The predicted octanol–water partition coefficient (Wildman–Crippen LogP) is 2.05. The maximum atomic E-state index is 10.9. The minimum Gasteiger partial charge on any atom is -0.481 e. The molecule has 1 fully saturated rings. The van der Waals surface area contributed by atoms with Crippen LogP contribution >= 0.6 is 0 Å². The number of aromatic nitrogens is 1. The van der Waals surface area contributed by atoms with Crippen LogP contribution in [0.15, 0.2) is 18.3 Å². The quantitative estimate of drug-likeness (QED) is 0.637. The van der Waals surface area contributed by atoms with Crippen molar-refractivity contribution in [1.82, 2.24) is 4.98 Å². The summed E-state index contributed by atoms with van der Waals surface area (Å²) in [5.41, 5.74) is -0.0529. The SMILES string of the molecule is O=C(O)C1CCC(Nc2ncccc2[N+](=O)[O-])CC1. The molecule has 0 amide bonds. The lowest BCUT2D eigenvalue weighted by atomic mass is 9.86. The second-order valence-corrected chi connectivity index (χ2v) is 4.66. The molecule has 2 rings (SSSR count). The molecule has 0 atom stereocenters. The summed E-state index contributed by atoms with van der Waals surface area (Å²) >= 11 is 0. The molecule has 1 aromatic heterocycles. The molecule has 7 nitrogen and oxygen atoms in total. The van der Waals surface area contributed by atoms with E-state index in [9.17, 15) is 14.9 Å². The molecular formula is C12H15N3O4. The third-order valence-electron chi connectivity index (χ3n) is 3.40. The maximum absolute atomic E-state index is 10.9. The first-order valence-electron chi connectivity index (χ1n) is 6.16. The standard InChI is InChI=1S/C12H15N3O4/c16-12(17)8-3-5-9(6-4-8)14-11-10(15(18)19)2-1-7-13-11/h1-2,7-9H,3-6H2,(H,13,14)(H,16,17). The van der Waals surface area contributed by atoms with Crippen LogP contribution in [0, 0.1) is 16.0 Å². The second-order valence-electron chi connectivity index (χ2n) is 4.66. The van der Waals surface area contributed by atoms with E-state index in [0.717, 1.165) is 0 Å². The molecule has 102 valence electrons. The van der Waals surface area contributed by atoms with Crippen LogP contribution in [0.4, 0.5) is 11.5 Å². The first-order chi connectivity index (χ1) is 9.08. The van der Waals surface area contributed by atoms with Gasteiger partial charge in [0.2, 0.25) is 5.82 Å². The van der Waals surface area contributed by atoms with Gasteiger partial charge in [0.25, 0.3) is 0 Å². The first-order valence-corrected chi connectivity index (χ1v) is 6.16. The Kier molecular flexibility index (Phi) is 3.94. The van der Waals surface area contributed by atoms with Gasteiger partial charge in [-0.25, -0.2) is 4.98 Å². The lowest BCUT2D eigenvalue weighted by Gasteiger charge is -2.26. The van der Waals surface area contributed by atoms with E-state index in [4.69, 9.17) is 5.11 Å². The Morgan fingerprint density at radius 2 is 2.11 bits per heavy atom. The minimum absolute atomic E-state index is 0.0456. The molecule has 7 heteroatoms.